The normalized spacial score (nSPS) is 14.4. The zero-order valence-electron chi connectivity index (χ0n) is 19.1. The fraction of sp³-hybridized carbons (Fsp3) is 0.393. The molecule has 3 aromatic rings. The van der Waals surface area contributed by atoms with Crippen molar-refractivity contribution in [2.24, 2.45) is 0 Å². The van der Waals surface area contributed by atoms with Crippen molar-refractivity contribution in [3.8, 4) is 5.75 Å². The number of rotatable bonds is 9. The minimum Gasteiger partial charge on any atom is -0.494 e. The molecule has 1 fully saturated rings. The van der Waals surface area contributed by atoms with Gasteiger partial charge in [0.1, 0.15) is 5.75 Å². The highest BCUT2D eigenvalue weighted by molar-refractivity contribution is 5.98. The van der Waals surface area contributed by atoms with Gasteiger partial charge >= 0.3 is 0 Å². The maximum absolute atomic E-state index is 12.9. The van der Waals surface area contributed by atoms with Crippen LogP contribution in [0.1, 0.15) is 41.6 Å². The number of carbonyl (C=O) groups is 1. The molecule has 0 atom stereocenters. The van der Waals surface area contributed by atoms with Gasteiger partial charge in [0, 0.05) is 25.7 Å². The Labute approximate surface area is 191 Å². The summed E-state index contributed by atoms with van der Waals surface area (Å²) in [4.78, 5) is 17.2. The Morgan fingerprint density at radius 2 is 1.69 bits per heavy atom. The molecule has 3 aromatic carbocycles. The van der Waals surface area contributed by atoms with Gasteiger partial charge in [-0.2, -0.15) is 0 Å². The second-order valence-corrected chi connectivity index (χ2v) is 8.79. The molecule has 0 aliphatic carbocycles. The van der Waals surface area contributed by atoms with E-state index in [1.54, 1.807) is 4.90 Å². The molecule has 1 amide bonds. The van der Waals surface area contributed by atoms with Crippen LogP contribution in [0.4, 0.5) is 0 Å². The molecule has 1 saturated heterocycles. The summed E-state index contributed by atoms with van der Waals surface area (Å²) in [6.45, 7) is 5.03. The summed E-state index contributed by atoms with van der Waals surface area (Å²) < 4.78 is 5.99. The van der Waals surface area contributed by atoms with Crippen molar-refractivity contribution in [3.63, 3.8) is 0 Å². The van der Waals surface area contributed by atoms with E-state index in [9.17, 15) is 4.79 Å². The summed E-state index contributed by atoms with van der Waals surface area (Å²) >= 11 is 0. The Balaban J connectivity index is 1.30. The Bertz CT molecular complexity index is 1010. The van der Waals surface area contributed by atoms with Crippen LogP contribution in [0, 0.1) is 0 Å². The molecule has 0 unspecified atom stereocenters. The third-order valence-corrected chi connectivity index (χ3v) is 6.32. The summed E-state index contributed by atoms with van der Waals surface area (Å²) in [7, 11) is 1.87. The van der Waals surface area contributed by atoms with E-state index in [1.165, 1.54) is 37.9 Å². The number of amides is 1. The van der Waals surface area contributed by atoms with Crippen molar-refractivity contribution in [2.75, 3.05) is 39.8 Å². The minimum atomic E-state index is 0.0564. The van der Waals surface area contributed by atoms with E-state index in [-0.39, 0.29) is 5.91 Å². The molecule has 0 aromatic heterocycles. The molecule has 0 N–H and O–H groups in total. The van der Waals surface area contributed by atoms with Gasteiger partial charge in [-0.1, -0.05) is 48.9 Å². The standard InChI is InChI=1S/C28H34N2O2/c1-29(19-15-23-9-4-2-5-10-23)28(31)26-12-11-25-22-27(14-13-24(25)21-26)32-20-8-18-30-16-6-3-7-17-30/h2,4-5,9-14,21-22H,3,6-8,15-20H2,1H3. The Morgan fingerprint density at radius 3 is 2.50 bits per heavy atom. The quantitative estimate of drug-likeness (QED) is 0.426. The van der Waals surface area contributed by atoms with Crippen LogP contribution >= 0.6 is 0 Å². The number of ether oxygens (including phenoxy) is 1. The molecule has 1 heterocycles. The number of nitrogens with zero attached hydrogens (tertiary/aromatic N) is 2. The van der Waals surface area contributed by atoms with Gasteiger partial charge in [-0.15, -0.1) is 0 Å². The van der Waals surface area contributed by atoms with Crippen LogP contribution in [0.15, 0.2) is 66.7 Å². The Hall–Kier alpha value is -2.85. The SMILES string of the molecule is CN(CCc1ccccc1)C(=O)c1ccc2cc(OCCCN3CCCCC3)ccc2c1. The highest BCUT2D eigenvalue weighted by atomic mass is 16.5. The van der Waals surface area contributed by atoms with Crippen LogP contribution in [0.25, 0.3) is 10.8 Å². The first-order valence-electron chi connectivity index (χ1n) is 11.9. The van der Waals surface area contributed by atoms with Crippen LogP contribution in [0.3, 0.4) is 0 Å². The van der Waals surface area contributed by atoms with Crippen molar-refractivity contribution >= 4 is 16.7 Å². The minimum absolute atomic E-state index is 0.0564. The van der Waals surface area contributed by atoms with Gasteiger partial charge in [0.05, 0.1) is 6.61 Å². The fourth-order valence-corrected chi connectivity index (χ4v) is 4.37. The first-order chi connectivity index (χ1) is 15.7. The van der Waals surface area contributed by atoms with E-state index in [4.69, 9.17) is 4.74 Å². The zero-order valence-corrected chi connectivity index (χ0v) is 19.1. The maximum Gasteiger partial charge on any atom is 0.253 e. The van der Waals surface area contributed by atoms with Gasteiger partial charge in [-0.25, -0.2) is 0 Å². The first kappa shape index (κ1) is 22.3. The van der Waals surface area contributed by atoms with Gasteiger partial charge in [-0.05, 0) is 79.4 Å². The number of hydrogen-bond acceptors (Lipinski definition) is 3. The Kier molecular flexibility index (Phi) is 7.78. The molecule has 4 heteroatoms. The van der Waals surface area contributed by atoms with Crippen molar-refractivity contribution in [1.82, 2.24) is 9.80 Å². The van der Waals surface area contributed by atoms with Gasteiger partial charge in [-0.3, -0.25) is 4.79 Å². The number of likely N-dealkylation sites (tertiary alicyclic amines) is 1. The monoisotopic (exact) mass is 430 g/mol. The smallest absolute Gasteiger partial charge is 0.253 e. The maximum atomic E-state index is 12.9. The number of benzene rings is 3. The van der Waals surface area contributed by atoms with Gasteiger partial charge < -0.3 is 14.5 Å². The number of carbonyl (C=O) groups excluding carboxylic acids is 1. The molecule has 0 saturated carbocycles. The second-order valence-electron chi connectivity index (χ2n) is 8.79. The predicted molar refractivity (Wildman–Crippen MR) is 131 cm³/mol. The van der Waals surface area contributed by atoms with Crippen molar-refractivity contribution in [1.29, 1.82) is 0 Å². The summed E-state index contributed by atoms with van der Waals surface area (Å²) in [5.41, 5.74) is 1.97. The van der Waals surface area contributed by atoms with Crippen LogP contribution in [-0.4, -0.2) is 55.5 Å². The van der Waals surface area contributed by atoms with E-state index in [1.807, 2.05) is 49.5 Å². The number of piperidine rings is 1. The van der Waals surface area contributed by atoms with E-state index in [0.29, 0.717) is 6.54 Å². The van der Waals surface area contributed by atoms with Crippen molar-refractivity contribution in [2.45, 2.75) is 32.1 Å². The van der Waals surface area contributed by atoms with E-state index < -0.39 is 0 Å². The summed E-state index contributed by atoms with van der Waals surface area (Å²) in [6.07, 6.45) is 5.95. The molecule has 4 rings (SSSR count). The summed E-state index contributed by atoms with van der Waals surface area (Å²) in [5, 5.41) is 2.16. The van der Waals surface area contributed by atoms with Crippen LogP contribution in [0.2, 0.25) is 0 Å². The lowest BCUT2D eigenvalue weighted by molar-refractivity contribution is 0.0797. The third-order valence-electron chi connectivity index (χ3n) is 6.32. The van der Waals surface area contributed by atoms with Crippen molar-refractivity contribution in [3.05, 3.63) is 77.9 Å². The van der Waals surface area contributed by atoms with E-state index in [0.717, 1.165) is 48.1 Å². The fourth-order valence-electron chi connectivity index (χ4n) is 4.37. The lowest BCUT2D eigenvalue weighted by atomic mass is 10.1. The number of fused-ring (bicyclic) bond motifs is 1. The van der Waals surface area contributed by atoms with Gasteiger partial charge in [0.15, 0.2) is 0 Å². The Morgan fingerprint density at radius 1 is 0.938 bits per heavy atom. The topological polar surface area (TPSA) is 32.8 Å². The van der Waals surface area contributed by atoms with Crippen molar-refractivity contribution < 1.29 is 9.53 Å². The average molecular weight is 431 g/mol. The van der Waals surface area contributed by atoms with E-state index in [2.05, 4.69) is 29.2 Å². The van der Waals surface area contributed by atoms with Crippen LogP contribution < -0.4 is 4.74 Å². The highest BCUT2D eigenvalue weighted by Gasteiger charge is 2.13. The molecule has 0 spiro atoms. The largest absolute Gasteiger partial charge is 0.494 e. The van der Waals surface area contributed by atoms with Gasteiger partial charge in [0.2, 0.25) is 0 Å². The molecule has 1 aliphatic heterocycles. The molecular formula is C28H34N2O2. The van der Waals surface area contributed by atoms with Gasteiger partial charge in [0.25, 0.3) is 5.91 Å². The molecule has 1 aliphatic rings. The van der Waals surface area contributed by atoms with E-state index >= 15 is 0 Å². The molecule has 0 bridgehead atoms. The zero-order chi connectivity index (χ0) is 22.2. The molecule has 0 radical (unpaired) electrons. The molecular weight excluding hydrogens is 396 g/mol. The average Bonchev–Trinajstić information content (AvgIpc) is 2.85. The number of likely N-dealkylation sites (N-methyl/N-ethyl adjacent to an activating group) is 1. The van der Waals surface area contributed by atoms with Crippen LogP contribution in [-0.2, 0) is 6.42 Å². The molecule has 32 heavy (non-hydrogen) atoms. The third kappa shape index (κ3) is 6.10. The molecule has 168 valence electrons. The second kappa shape index (κ2) is 11.1. The van der Waals surface area contributed by atoms with Crippen LogP contribution in [0.5, 0.6) is 5.75 Å². The lowest BCUT2D eigenvalue weighted by Gasteiger charge is -2.26. The lowest BCUT2D eigenvalue weighted by Crippen LogP contribution is -2.31. The first-order valence-corrected chi connectivity index (χ1v) is 11.9. The predicted octanol–water partition coefficient (Wildman–Crippen LogP) is 5.41. The highest BCUT2D eigenvalue weighted by Crippen LogP contribution is 2.23. The summed E-state index contributed by atoms with van der Waals surface area (Å²) in [6, 6.07) is 22.3. The number of hydrogen-bond donors (Lipinski definition) is 0. The molecule has 4 nitrogen and oxygen atoms in total. The summed E-state index contributed by atoms with van der Waals surface area (Å²) in [5.74, 6) is 0.955.